The van der Waals surface area contributed by atoms with Gasteiger partial charge >= 0.3 is 11.8 Å². The van der Waals surface area contributed by atoms with Crippen molar-refractivity contribution < 1.29 is 29.2 Å². The number of pyridine rings is 1. The number of aromatic nitrogens is 1. The molecule has 0 amide bonds. The number of carbonyl (C=O) groups excluding carboxylic acids is 3. The molecule has 0 spiro atoms. The summed E-state index contributed by atoms with van der Waals surface area (Å²) in [7, 11) is 0. The van der Waals surface area contributed by atoms with Gasteiger partial charge in [-0.25, -0.2) is 4.98 Å². The van der Waals surface area contributed by atoms with Gasteiger partial charge in [-0.3, -0.25) is 24.5 Å². The van der Waals surface area contributed by atoms with E-state index in [4.69, 9.17) is 9.72 Å². The summed E-state index contributed by atoms with van der Waals surface area (Å²) in [6.45, 7) is 12.2. The molecule has 244 valence electrons. The first-order valence-electron chi connectivity index (χ1n) is 15.8. The van der Waals surface area contributed by atoms with Gasteiger partial charge in [-0.05, 0) is 63.6 Å². The number of Topliss-reactive ketones (excluding diaryl/α,β-unsaturated/α-hetero) is 1. The Bertz CT molecular complexity index is 2150. The molecule has 1 heterocycles. The van der Waals surface area contributed by atoms with Crippen molar-refractivity contribution in [3.8, 4) is 11.5 Å². The Hall–Kier alpha value is -5.44. The van der Waals surface area contributed by atoms with Crippen LogP contribution in [0.5, 0.6) is 11.5 Å². The lowest BCUT2D eigenvalue weighted by atomic mass is 9.78. The number of benzene rings is 4. The molecule has 1 aliphatic rings. The van der Waals surface area contributed by atoms with Crippen molar-refractivity contribution in [2.45, 2.75) is 71.1 Å². The summed E-state index contributed by atoms with van der Waals surface area (Å²) in [6.07, 6.45) is 0.484. The van der Waals surface area contributed by atoms with Gasteiger partial charge in [0.05, 0.1) is 21.6 Å². The van der Waals surface area contributed by atoms with E-state index in [0.29, 0.717) is 33.7 Å². The molecule has 0 fully saturated rings. The number of esters is 1. The number of para-hydroxylation sites is 1. The highest BCUT2D eigenvalue weighted by molar-refractivity contribution is 6.31. The van der Waals surface area contributed by atoms with Crippen molar-refractivity contribution in [2.24, 2.45) is 0 Å². The normalized spacial score (nSPS) is 14.8. The summed E-state index contributed by atoms with van der Waals surface area (Å²) >= 11 is 0. The van der Waals surface area contributed by atoms with Crippen LogP contribution in [0.2, 0.25) is 0 Å². The fourth-order valence-corrected chi connectivity index (χ4v) is 6.37. The van der Waals surface area contributed by atoms with Crippen LogP contribution in [0.4, 0.5) is 5.69 Å². The molecule has 48 heavy (non-hydrogen) atoms. The maximum atomic E-state index is 13.7. The average molecular weight is 646 g/mol. The minimum absolute atomic E-state index is 0.0820. The van der Waals surface area contributed by atoms with Gasteiger partial charge in [0.1, 0.15) is 11.3 Å². The highest BCUT2D eigenvalue weighted by Gasteiger charge is 2.46. The van der Waals surface area contributed by atoms with Crippen LogP contribution in [0.1, 0.15) is 92.2 Å². The molecule has 9 nitrogen and oxygen atoms in total. The number of hydrogen-bond acceptors (Lipinski definition) is 7. The van der Waals surface area contributed by atoms with Crippen LogP contribution < -0.4 is 4.74 Å². The van der Waals surface area contributed by atoms with E-state index in [9.17, 15) is 29.6 Å². The number of rotatable bonds is 6. The van der Waals surface area contributed by atoms with Crippen molar-refractivity contribution in [3.05, 3.63) is 116 Å². The van der Waals surface area contributed by atoms with Crippen LogP contribution in [0.15, 0.2) is 72.8 Å². The second-order valence-corrected chi connectivity index (χ2v) is 14.4. The zero-order valence-electron chi connectivity index (χ0n) is 27.7. The van der Waals surface area contributed by atoms with Gasteiger partial charge in [0.2, 0.25) is 0 Å². The molecule has 0 bridgehead atoms. The van der Waals surface area contributed by atoms with E-state index in [1.807, 2.05) is 59.7 Å². The zero-order chi connectivity index (χ0) is 34.7. The molecule has 1 unspecified atom stereocenters. The van der Waals surface area contributed by atoms with Crippen LogP contribution in [0.3, 0.4) is 0 Å². The molecule has 0 saturated carbocycles. The lowest BCUT2D eigenvalue weighted by Crippen LogP contribution is -2.18. The van der Waals surface area contributed by atoms with Crippen molar-refractivity contribution in [1.29, 1.82) is 0 Å². The Morgan fingerprint density at radius 2 is 1.56 bits per heavy atom. The fraction of sp³-hybridized carbons (Fsp3) is 0.282. The predicted molar refractivity (Wildman–Crippen MR) is 185 cm³/mol. The van der Waals surface area contributed by atoms with E-state index in [1.54, 1.807) is 42.5 Å². The first kappa shape index (κ1) is 32.5. The molecule has 0 aliphatic heterocycles. The van der Waals surface area contributed by atoms with Gasteiger partial charge in [-0.15, -0.1) is 0 Å². The standard InChI is InChI=1S/C39H36N2O7/c1-38(2,3)27-17-21(18-28(37(27)45)39(4,5)6)13-16-32(42)48-31-12-8-9-22-14-15-29(40-34(22)31)33-35(43)25-19-23-10-7-11-30(41(46)47)24(23)20-26(25)36(33)44/h7-12,14-15,17-20,33,45H,13,16H2,1-6H3/p+1. The maximum Gasteiger partial charge on any atom is 0.341 e. The lowest BCUT2D eigenvalue weighted by molar-refractivity contribution is -0.383. The molecular formula is C39H37N2O7+. The molecule has 1 aromatic heterocycles. The quantitative estimate of drug-likeness (QED) is 0.0492. The number of fused-ring (bicyclic) bond motifs is 3. The SMILES string of the molecule is CC(C)(C)c1cc(CCC(=O)Oc2cccc3ccc(C4C(=O)c5cc6c([N+](=O)[O-])cccc6cc5C4=[OH+])nc23)cc(C(C)(C)C)c1O. The van der Waals surface area contributed by atoms with Crippen LogP contribution in [-0.2, 0) is 22.0 Å². The molecule has 2 N–H and O–H groups in total. The smallest absolute Gasteiger partial charge is 0.341 e. The highest BCUT2D eigenvalue weighted by Crippen LogP contribution is 2.41. The minimum Gasteiger partial charge on any atom is -0.507 e. The summed E-state index contributed by atoms with van der Waals surface area (Å²) < 4.78 is 5.82. The summed E-state index contributed by atoms with van der Waals surface area (Å²) in [6, 6.07) is 20.1. The third-order valence-corrected chi connectivity index (χ3v) is 8.90. The Morgan fingerprint density at radius 3 is 2.21 bits per heavy atom. The summed E-state index contributed by atoms with van der Waals surface area (Å²) in [5, 5.41) is 24.2. The second kappa shape index (κ2) is 11.7. The van der Waals surface area contributed by atoms with Gasteiger partial charge < -0.3 is 9.84 Å². The Kier molecular flexibility index (Phi) is 7.90. The second-order valence-electron chi connectivity index (χ2n) is 14.4. The predicted octanol–water partition coefficient (Wildman–Crippen LogP) is 8.01. The fourth-order valence-electron chi connectivity index (χ4n) is 6.37. The Balaban J connectivity index is 1.27. The van der Waals surface area contributed by atoms with Crippen molar-refractivity contribution >= 4 is 44.9 Å². The van der Waals surface area contributed by atoms with E-state index >= 15 is 0 Å². The minimum atomic E-state index is -1.12. The summed E-state index contributed by atoms with van der Waals surface area (Å²) in [4.78, 5) is 53.9. The Labute approximate surface area is 277 Å². The van der Waals surface area contributed by atoms with E-state index in [-0.39, 0.29) is 51.5 Å². The number of nitro benzene ring substituents is 1. The third-order valence-electron chi connectivity index (χ3n) is 8.90. The van der Waals surface area contributed by atoms with Gasteiger partial charge in [0.15, 0.2) is 17.5 Å². The van der Waals surface area contributed by atoms with E-state index < -0.39 is 22.6 Å². The number of phenols is 1. The van der Waals surface area contributed by atoms with E-state index in [0.717, 1.165) is 16.7 Å². The topological polar surface area (TPSA) is 141 Å². The number of carbonyl (C=O) groups is 2. The van der Waals surface area contributed by atoms with Gasteiger partial charge in [0.25, 0.3) is 5.69 Å². The van der Waals surface area contributed by atoms with Crippen molar-refractivity contribution in [1.82, 2.24) is 4.98 Å². The van der Waals surface area contributed by atoms with Crippen LogP contribution in [-0.4, -0.2) is 37.3 Å². The number of hydrogen-bond donors (Lipinski definition) is 1. The molecule has 1 aliphatic carbocycles. The van der Waals surface area contributed by atoms with Crippen molar-refractivity contribution in [2.75, 3.05) is 0 Å². The number of aromatic hydroxyl groups is 1. The number of ether oxygens (including phenoxy) is 1. The van der Waals surface area contributed by atoms with Crippen molar-refractivity contribution in [3.63, 3.8) is 0 Å². The average Bonchev–Trinajstić information content (AvgIpc) is 3.26. The molecule has 0 radical (unpaired) electrons. The van der Waals surface area contributed by atoms with E-state index in [1.165, 1.54) is 12.1 Å². The zero-order valence-corrected chi connectivity index (χ0v) is 27.7. The largest absolute Gasteiger partial charge is 0.507 e. The van der Waals surface area contributed by atoms with Crippen LogP contribution in [0, 0.1) is 10.1 Å². The number of aryl methyl sites for hydroxylation is 1. The van der Waals surface area contributed by atoms with Crippen LogP contribution in [0.25, 0.3) is 21.7 Å². The molecule has 6 rings (SSSR count). The molecule has 9 heteroatoms. The molecule has 4 aromatic carbocycles. The number of ketones is 2. The molecule has 0 saturated heterocycles. The third kappa shape index (κ3) is 5.81. The molecule has 5 aromatic rings. The number of phenolic OH excluding ortho intramolecular Hbond substituents is 1. The summed E-state index contributed by atoms with van der Waals surface area (Å²) in [5.41, 5.74) is 2.93. The summed E-state index contributed by atoms with van der Waals surface area (Å²) in [5.74, 6) is -1.71. The molecular weight excluding hydrogens is 608 g/mol. The Morgan fingerprint density at radius 1 is 0.917 bits per heavy atom. The van der Waals surface area contributed by atoms with E-state index in [2.05, 4.69) is 0 Å². The lowest BCUT2D eigenvalue weighted by Gasteiger charge is -2.28. The number of non-ortho nitro benzene ring substituents is 1. The highest BCUT2D eigenvalue weighted by atomic mass is 16.6. The van der Waals surface area contributed by atoms with Gasteiger partial charge in [-0.2, -0.15) is 0 Å². The number of nitrogens with zero attached hydrogens (tertiary/aromatic N) is 2. The van der Waals surface area contributed by atoms with Gasteiger partial charge in [0, 0.05) is 23.4 Å². The van der Waals surface area contributed by atoms with Gasteiger partial charge in [-0.1, -0.05) is 84.0 Å². The molecule has 1 atom stereocenters. The first-order chi connectivity index (χ1) is 22.5. The first-order valence-corrected chi connectivity index (χ1v) is 15.8. The monoisotopic (exact) mass is 645 g/mol. The van der Waals surface area contributed by atoms with Crippen LogP contribution >= 0.6 is 0 Å². The number of nitro groups is 1. The maximum absolute atomic E-state index is 13.7.